The highest BCUT2D eigenvalue weighted by molar-refractivity contribution is 5.51. The number of aryl methyl sites for hydroxylation is 1. The highest BCUT2D eigenvalue weighted by Gasteiger charge is 2.14. The van der Waals surface area contributed by atoms with Gasteiger partial charge in [-0.05, 0) is 49.1 Å². The third kappa shape index (κ3) is 5.90. The van der Waals surface area contributed by atoms with E-state index in [1.165, 1.54) is 56.9 Å². The van der Waals surface area contributed by atoms with Gasteiger partial charge in [-0.2, -0.15) is 0 Å². The third-order valence-electron chi connectivity index (χ3n) is 4.81. The molecule has 0 aliphatic heterocycles. The normalized spacial score (nSPS) is 16.1. The zero-order chi connectivity index (χ0) is 15.8. The molecule has 0 atom stereocenters. The Bertz CT molecular complexity index is 435. The van der Waals surface area contributed by atoms with Crippen molar-refractivity contribution in [3.63, 3.8) is 0 Å². The molecule has 1 fully saturated rings. The summed E-state index contributed by atoms with van der Waals surface area (Å²) in [6.45, 7) is 5.42. The number of hydrogen-bond acceptors (Lipinski definition) is 2. The smallest absolute Gasteiger partial charge is 0.121 e. The van der Waals surface area contributed by atoms with Crippen molar-refractivity contribution in [1.82, 2.24) is 0 Å². The van der Waals surface area contributed by atoms with Gasteiger partial charge >= 0.3 is 0 Å². The molecule has 0 bridgehead atoms. The van der Waals surface area contributed by atoms with Crippen LogP contribution in [0.2, 0.25) is 0 Å². The lowest BCUT2D eigenvalue weighted by Crippen LogP contribution is -2.15. The molecule has 1 saturated carbocycles. The van der Waals surface area contributed by atoms with Crippen LogP contribution in [0.15, 0.2) is 18.2 Å². The van der Waals surface area contributed by atoms with Crippen LogP contribution in [-0.4, -0.2) is 6.61 Å². The summed E-state index contributed by atoms with van der Waals surface area (Å²) < 4.78 is 5.96. The van der Waals surface area contributed by atoms with Gasteiger partial charge in [-0.3, -0.25) is 0 Å². The Balaban J connectivity index is 1.76. The minimum absolute atomic E-state index is 0.741. The van der Waals surface area contributed by atoms with E-state index in [0.29, 0.717) is 0 Å². The predicted octanol–water partition coefficient (Wildman–Crippen LogP) is 5.60. The van der Waals surface area contributed by atoms with Crippen LogP contribution in [0.4, 0.5) is 5.69 Å². The molecule has 2 rings (SSSR count). The summed E-state index contributed by atoms with van der Waals surface area (Å²) in [4.78, 5) is 0. The van der Waals surface area contributed by atoms with Crippen LogP contribution in [-0.2, 0) is 6.42 Å². The van der Waals surface area contributed by atoms with E-state index in [1.807, 2.05) is 6.07 Å². The third-order valence-corrected chi connectivity index (χ3v) is 4.81. The van der Waals surface area contributed by atoms with E-state index in [1.54, 1.807) is 0 Å². The summed E-state index contributed by atoms with van der Waals surface area (Å²) in [5.74, 6) is 2.48. The summed E-state index contributed by atoms with van der Waals surface area (Å²) in [6, 6.07) is 6.26. The molecule has 0 saturated heterocycles. The number of anilines is 1. The van der Waals surface area contributed by atoms with Gasteiger partial charge in [-0.15, -0.1) is 0 Å². The lowest BCUT2D eigenvalue weighted by molar-refractivity contribution is 0.209. The first-order chi connectivity index (χ1) is 10.6. The fourth-order valence-electron chi connectivity index (χ4n) is 3.33. The van der Waals surface area contributed by atoms with Crippen LogP contribution in [0.1, 0.15) is 70.8 Å². The van der Waals surface area contributed by atoms with Crippen molar-refractivity contribution in [1.29, 1.82) is 0 Å². The average molecular weight is 303 g/mol. The van der Waals surface area contributed by atoms with Crippen molar-refractivity contribution >= 4 is 5.69 Å². The van der Waals surface area contributed by atoms with Crippen molar-refractivity contribution in [3.05, 3.63) is 23.8 Å². The predicted molar refractivity (Wildman–Crippen MR) is 95.3 cm³/mol. The Kier molecular flexibility index (Phi) is 7.08. The molecule has 1 aliphatic carbocycles. The molecule has 2 N–H and O–H groups in total. The Morgan fingerprint density at radius 3 is 2.59 bits per heavy atom. The molecule has 0 amide bonds. The van der Waals surface area contributed by atoms with E-state index in [-0.39, 0.29) is 0 Å². The van der Waals surface area contributed by atoms with Crippen LogP contribution in [0.3, 0.4) is 0 Å². The number of benzene rings is 1. The van der Waals surface area contributed by atoms with Crippen molar-refractivity contribution < 1.29 is 4.74 Å². The Morgan fingerprint density at radius 1 is 1.14 bits per heavy atom. The van der Waals surface area contributed by atoms with Crippen molar-refractivity contribution in [3.8, 4) is 5.75 Å². The Hall–Kier alpha value is -1.18. The van der Waals surface area contributed by atoms with Gasteiger partial charge in [-0.25, -0.2) is 0 Å². The van der Waals surface area contributed by atoms with Crippen LogP contribution in [0.5, 0.6) is 5.75 Å². The van der Waals surface area contributed by atoms with Crippen LogP contribution < -0.4 is 10.5 Å². The van der Waals surface area contributed by atoms with E-state index < -0.39 is 0 Å². The maximum absolute atomic E-state index is 6.19. The van der Waals surface area contributed by atoms with Gasteiger partial charge in [0.1, 0.15) is 5.75 Å². The monoisotopic (exact) mass is 303 g/mol. The molecular weight excluding hydrogens is 270 g/mol. The standard InChI is InChI=1S/C20H33NO/c1-16(2)8-6-7-11-18-12-13-19(14-20(18)21)22-15-17-9-4-3-5-10-17/h12-14,16-17H,3-11,15,21H2,1-2H3. The second-order valence-electron chi connectivity index (χ2n) is 7.32. The van der Waals surface area contributed by atoms with Gasteiger partial charge in [0.15, 0.2) is 0 Å². The van der Waals surface area contributed by atoms with Gasteiger partial charge < -0.3 is 10.5 Å². The van der Waals surface area contributed by atoms with Crippen molar-refractivity contribution in [2.24, 2.45) is 11.8 Å². The van der Waals surface area contributed by atoms with Gasteiger partial charge in [0.2, 0.25) is 0 Å². The van der Waals surface area contributed by atoms with Crippen molar-refractivity contribution in [2.75, 3.05) is 12.3 Å². The minimum Gasteiger partial charge on any atom is -0.493 e. The number of nitrogens with two attached hydrogens (primary N) is 1. The average Bonchev–Trinajstić information content (AvgIpc) is 2.52. The topological polar surface area (TPSA) is 35.2 Å². The maximum Gasteiger partial charge on any atom is 0.121 e. The number of hydrogen-bond donors (Lipinski definition) is 1. The molecule has 0 spiro atoms. The van der Waals surface area contributed by atoms with Gasteiger partial charge in [0.25, 0.3) is 0 Å². The molecule has 1 aromatic rings. The van der Waals surface area contributed by atoms with Gasteiger partial charge in [-0.1, -0.05) is 52.0 Å². The van der Waals surface area contributed by atoms with Crippen LogP contribution >= 0.6 is 0 Å². The Morgan fingerprint density at radius 2 is 1.91 bits per heavy atom. The molecule has 0 aromatic heterocycles. The fraction of sp³-hybridized carbons (Fsp3) is 0.700. The molecule has 0 radical (unpaired) electrons. The summed E-state index contributed by atoms with van der Waals surface area (Å²) in [5.41, 5.74) is 8.36. The van der Waals surface area contributed by atoms with E-state index in [9.17, 15) is 0 Å². The molecule has 2 heteroatoms. The second kappa shape index (κ2) is 9.07. The van der Waals surface area contributed by atoms with Crippen molar-refractivity contribution in [2.45, 2.75) is 71.6 Å². The van der Waals surface area contributed by atoms with Crippen LogP contribution in [0, 0.1) is 11.8 Å². The highest BCUT2D eigenvalue weighted by atomic mass is 16.5. The van der Waals surface area contributed by atoms with E-state index in [0.717, 1.165) is 36.3 Å². The van der Waals surface area contributed by atoms with Gasteiger partial charge in [0.05, 0.1) is 6.61 Å². The summed E-state index contributed by atoms with van der Waals surface area (Å²) in [7, 11) is 0. The lowest BCUT2D eigenvalue weighted by atomic mass is 9.90. The van der Waals surface area contributed by atoms with Gasteiger partial charge in [0, 0.05) is 11.8 Å². The fourth-order valence-corrected chi connectivity index (χ4v) is 3.33. The molecule has 1 aromatic carbocycles. The maximum atomic E-state index is 6.19. The largest absolute Gasteiger partial charge is 0.493 e. The molecule has 124 valence electrons. The minimum atomic E-state index is 0.741. The number of ether oxygens (including phenoxy) is 1. The van der Waals surface area contributed by atoms with E-state index in [4.69, 9.17) is 10.5 Å². The SMILES string of the molecule is CC(C)CCCCc1ccc(OCC2CCCCC2)cc1N. The molecule has 22 heavy (non-hydrogen) atoms. The highest BCUT2D eigenvalue weighted by Crippen LogP contribution is 2.26. The summed E-state index contributed by atoms with van der Waals surface area (Å²) in [6.07, 6.45) is 11.7. The lowest BCUT2D eigenvalue weighted by Gasteiger charge is -2.21. The zero-order valence-electron chi connectivity index (χ0n) is 14.4. The molecule has 2 nitrogen and oxygen atoms in total. The number of unbranched alkanes of at least 4 members (excludes halogenated alkanes) is 1. The first kappa shape index (κ1) is 17.2. The molecule has 0 heterocycles. The van der Waals surface area contributed by atoms with E-state index >= 15 is 0 Å². The molecular formula is C20H33NO. The zero-order valence-corrected chi connectivity index (χ0v) is 14.4. The van der Waals surface area contributed by atoms with Crippen LogP contribution in [0.25, 0.3) is 0 Å². The summed E-state index contributed by atoms with van der Waals surface area (Å²) >= 11 is 0. The first-order valence-corrected chi connectivity index (χ1v) is 9.16. The number of nitrogen functional groups attached to an aromatic ring is 1. The summed E-state index contributed by atoms with van der Waals surface area (Å²) in [5, 5.41) is 0. The molecule has 1 aliphatic rings. The number of rotatable bonds is 8. The molecule has 0 unspecified atom stereocenters. The first-order valence-electron chi connectivity index (χ1n) is 9.16. The van der Waals surface area contributed by atoms with E-state index in [2.05, 4.69) is 26.0 Å². The Labute approximate surface area is 136 Å². The second-order valence-corrected chi connectivity index (χ2v) is 7.32. The quantitative estimate of drug-likeness (QED) is 0.501.